The van der Waals surface area contributed by atoms with Crippen LogP contribution >= 0.6 is 0 Å². The predicted molar refractivity (Wildman–Crippen MR) is 42.9 cm³/mol. The standard InChI is InChI=1S/C8H8F3NO3/c1-5(8(9,10)11)4-6(13)12-2-3-15-7(12)14/h4H,2-3H2,1H3/b5-4+. The fraction of sp³-hybridized carbons (Fsp3) is 0.500. The van der Waals surface area contributed by atoms with Gasteiger partial charge in [0.15, 0.2) is 0 Å². The van der Waals surface area contributed by atoms with Crippen molar-refractivity contribution in [2.24, 2.45) is 0 Å². The van der Waals surface area contributed by atoms with Crippen molar-refractivity contribution in [1.82, 2.24) is 4.90 Å². The quantitative estimate of drug-likeness (QED) is 0.632. The van der Waals surface area contributed by atoms with E-state index in [2.05, 4.69) is 4.74 Å². The zero-order valence-corrected chi connectivity index (χ0v) is 7.80. The zero-order valence-electron chi connectivity index (χ0n) is 7.80. The van der Waals surface area contributed by atoms with E-state index in [4.69, 9.17) is 0 Å². The molecule has 0 saturated carbocycles. The predicted octanol–water partition coefficient (Wildman–Crippen LogP) is 1.47. The van der Waals surface area contributed by atoms with Gasteiger partial charge in [-0.3, -0.25) is 4.79 Å². The molecule has 4 nitrogen and oxygen atoms in total. The van der Waals surface area contributed by atoms with Crippen molar-refractivity contribution in [3.63, 3.8) is 0 Å². The average molecular weight is 223 g/mol. The number of hydrogen-bond acceptors (Lipinski definition) is 3. The van der Waals surface area contributed by atoms with Gasteiger partial charge in [0.2, 0.25) is 0 Å². The molecule has 1 saturated heterocycles. The monoisotopic (exact) mass is 223 g/mol. The molecule has 15 heavy (non-hydrogen) atoms. The fourth-order valence-electron chi connectivity index (χ4n) is 0.939. The lowest BCUT2D eigenvalue weighted by Crippen LogP contribution is -2.30. The van der Waals surface area contributed by atoms with Crippen LogP contribution in [0.2, 0.25) is 0 Å². The van der Waals surface area contributed by atoms with Crippen LogP contribution < -0.4 is 0 Å². The molecular weight excluding hydrogens is 215 g/mol. The Balaban J connectivity index is 2.74. The molecule has 1 aliphatic rings. The van der Waals surface area contributed by atoms with Crippen LogP contribution in [-0.4, -0.2) is 36.2 Å². The lowest BCUT2D eigenvalue weighted by Gasteiger charge is -2.09. The molecule has 1 aliphatic heterocycles. The fourth-order valence-corrected chi connectivity index (χ4v) is 0.939. The third kappa shape index (κ3) is 2.71. The van der Waals surface area contributed by atoms with E-state index in [9.17, 15) is 22.8 Å². The van der Waals surface area contributed by atoms with Gasteiger partial charge in [0.1, 0.15) is 6.61 Å². The largest absolute Gasteiger partial charge is 0.447 e. The highest BCUT2D eigenvalue weighted by Gasteiger charge is 2.33. The molecule has 84 valence electrons. The molecule has 1 heterocycles. The number of alkyl halides is 3. The second-order valence-electron chi connectivity index (χ2n) is 2.93. The summed E-state index contributed by atoms with van der Waals surface area (Å²) in [7, 11) is 0. The number of ether oxygens (including phenoxy) is 1. The van der Waals surface area contributed by atoms with E-state index in [0.717, 1.165) is 6.92 Å². The number of carbonyl (C=O) groups is 2. The number of cyclic esters (lactones) is 1. The first-order chi connectivity index (χ1) is 6.82. The molecule has 0 unspecified atom stereocenters. The Bertz CT molecular complexity index is 322. The summed E-state index contributed by atoms with van der Waals surface area (Å²) in [6.45, 7) is 0.766. The first kappa shape index (κ1) is 11.5. The molecule has 0 aromatic rings. The SMILES string of the molecule is C/C(=C\C(=O)N1CCOC1=O)C(F)(F)F. The van der Waals surface area contributed by atoms with E-state index in [1.807, 2.05) is 0 Å². The second kappa shape index (κ2) is 3.92. The number of carbonyl (C=O) groups excluding carboxylic acids is 2. The van der Waals surface area contributed by atoms with Crippen molar-refractivity contribution >= 4 is 12.0 Å². The van der Waals surface area contributed by atoms with Gasteiger partial charge in [0, 0.05) is 11.6 Å². The van der Waals surface area contributed by atoms with Crippen molar-refractivity contribution in [3.05, 3.63) is 11.6 Å². The molecule has 0 aromatic carbocycles. The summed E-state index contributed by atoms with van der Waals surface area (Å²) >= 11 is 0. The van der Waals surface area contributed by atoms with Crippen LogP contribution in [0.4, 0.5) is 18.0 Å². The highest BCUT2D eigenvalue weighted by atomic mass is 19.4. The molecule has 1 rings (SSSR count). The lowest BCUT2D eigenvalue weighted by atomic mass is 10.2. The maximum atomic E-state index is 12.0. The van der Waals surface area contributed by atoms with E-state index in [1.54, 1.807) is 0 Å². The summed E-state index contributed by atoms with van der Waals surface area (Å²) < 4.78 is 40.5. The summed E-state index contributed by atoms with van der Waals surface area (Å²) in [5, 5.41) is 0. The smallest absolute Gasteiger partial charge is 0.416 e. The van der Waals surface area contributed by atoms with E-state index in [0.29, 0.717) is 11.0 Å². The summed E-state index contributed by atoms with van der Waals surface area (Å²) in [5.74, 6) is -1.01. The van der Waals surface area contributed by atoms with Crippen LogP contribution in [0, 0.1) is 0 Å². The second-order valence-corrected chi connectivity index (χ2v) is 2.93. The minimum atomic E-state index is -4.56. The van der Waals surface area contributed by atoms with Crippen LogP contribution in [0.5, 0.6) is 0 Å². The molecule has 0 N–H and O–H groups in total. The Morgan fingerprint density at radius 3 is 2.53 bits per heavy atom. The highest BCUT2D eigenvalue weighted by molar-refractivity contribution is 5.99. The Hall–Kier alpha value is -1.53. The minimum absolute atomic E-state index is 0.0146. The number of amides is 2. The Morgan fingerprint density at radius 2 is 2.13 bits per heavy atom. The lowest BCUT2D eigenvalue weighted by molar-refractivity contribution is -0.124. The third-order valence-corrected chi connectivity index (χ3v) is 1.81. The number of rotatable bonds is 1. The van der Waals surface area contributed by atoms with Crippen molar-refractivity contribution in [1.29, 1.82) is 0 Å². The van der Waals surface area contributed by atoms with Gasteiger partial charge in [-0.1, -0.05) is 0 Å². The number of nitrogens with zero attached hydrogens (tertiary/aromatic N) is 1. The number of allylic oxidation sites excluding steroid dienone is 1. The van der Waals surface area contributed by atoms with Gasteiger partial charge in [-0.05, 0) is 6.92 Å². The van der Waals surface area contributed by atoms with Gasteiger partial charge >= 0.3 is 12.3 Å². The average Bonchev–Trinajstić information content (AvgIpc) is 2.49. The van der Waals surface area contributed by atoms with Gasteiger partial charge in [-0.15, -0.1) is 0 Å². The van der Waals surface area contributed by atoms with E-state index in [1.165, 1.54) is 0 Å². The van der Waals surface area contributed by atoms with E-state index < -0.39 is 23.7 Å². The van der Waals surface area contributed by atoms with Gasteiger partial charge < -0.3 is 4.74 Å². The van der Waals surface area contributed by atoms with Crippen molar-refractivity contribution in [2.45, 2.75) is 13.1 Å². The van der Waals surface area contributed by atoms with Crippen molar-refractivity contribution in [2.75, 3.05) is 13.2 Å². The molecule has 0 spiro atoms. The van der Waals surface area contributed by atoms with Crippen LogP contribution in [0.3, 0.4) is 0 Å². The van der Waals surface area contributed by atoms with Crippen molar-refractivity contribution < 1.29 is 27.5 Å². The molecule has 7 heteroatoms. The normalized spacial score (nSPS) is 18.0. The van der Waals surface area contributed by atoms with Crippen LogP contribution in [0.25, 0.3) is 0 Å². The van der Waals surface area contributed by atoms with Gasteiger partial charge in [0.05, 0.1) is 6.54 Å². The zero-order chi connectivity index (χ0) is 11.6. The minimum Gasteiger partial charge on any atom is -0.447 e. The molecule has 2 amide bonds. The molecule has 0 radical (unpaired) electrons. The Kier molecular flexibility index (Phi) is 3.01. The molecule has 0 aliphatic carbocycles. The van der Waals surface area contributed by atoms with Crippen LogP contribution in [0.1, 0.15) is 6.92 Å². The van der Waals surface area contributed by atoms with Crippen LogP contribution in [-0.2, 0) is 9.53 Å². The summed E-state index contributed by atoms with van der Waals surface area (Å²) in [6, 6.07) is 0. The molecule has 1 fully saturated rings. The van der Waals surface area contributed by atoms with Gasteiger partial charge in [-0.2, -0.15) is 13.2 Å². The highest BCUT2D eigenvalue weighted by Crippen LogP contribution is 2.25. The van der Waals surface area contributed by atoms with Crippen molar-refractivity contribution in [3.8, 4) is 0 Å². The molecule has 0 aromatic heterocycles. The maximum Gasteiger partial charge on any atom is 0.416 e. The third-order valence-electron chi connectivity index (χ3n) is 1.81. The Morgan fingerprint density at radius 1 is 1.53 bits per heavy atom. The number of hydrogen-bond donors (Lipinski definition) is 0. The summed E-state index contributed by atoms with van der Waals surface area (Å²) in [4.78, 5) is 22.6. The van der Waals surface area contributed by atoms with Gasteiger partial charge in [0.25, 0.3) is 5.91 Å². The Labute approximate surface area is 83.3 Å². The maximum absolute atomic E-state index is 12.0. The molecule has 0 atom stereocenters. The first-order valence-electron chi connectivity index (χ1n) is 4.06. The topological polar surface area (TPSA) is 46.6 Å². The summed E-state index contributed by atoms with van der Waals surface area (Å²) in [6.07, 6.45) is -5.09. The van der Waals surface area contributed by atoms with Crippen LogP contribution in [0.15, 0.2) is 11.6 Å². The van der Waals surface area contributed by atoms with Gasteiger partial charge in [-0.25, -0.2) is 9.69 Å². The van der Waals surface area contributed by atoms with E-state index >= 15 is 0 Å². The number of halogens is 3. The number of imide groups is 1. The van der Waals surface area contributed by atoms with E-state index in [-0.39, 0.29) is 13.2 Å². The molecular formula is C8H8F3NO3. The first-order valence-corrected chi connectivity index (χ1v) is 4.06. The molecule has 0 bridgehead atoms. The summed E-state index contributed by atoms with van der Waals surface area (Å²) in [5.41, 5.74) is -1.05.